The summed E-state index contributed by atoms with van der Waals surface area (Å²) in [6, 6.07) is 9.25. The summed E-state index contributed by atoms with van der Waals surface area (Å²) in [5.74, 6) is -0.379. The van der Waals surface area contributed by atoms with Gasteiger partial charge in [-0.05, 0) is 40.2 Å². The summed E-state index contributed by atoms with van der Waals surface area (Å²) >= 11 is 4.93. The smallest absolute Gasteiger partial charge is 0.257 e. The number of pyridine rings is 1. The Morgan fingerprint density at radius 3 is 3.00 bits per heavy atom. The van der Waals surface area contributed by atoms with Gasteiger partial charge >= 0.3 is 0 Å². The lowest BCUT2D eigenvalue weighted by Crippen LogP contribution is -2.10. The summed E-state index contributed by atoms with van der Waals surface area (Å²) in [4.78, 5) is 16.6. The van der Waals surface area contributed by atoms with Crippen LogP contribution in [0.1, 0.15) is 11.7 Å². The summed E-state index contributed by atoms with van der Waals surface area (Å²) in [6.45, 7) is 0. The van der Waals surface area contributed by atoms with E-state index in [4.69, 9.17) is 0 Å². The van der Waals surface area contributed by atoms with Gasteiger partial charge in [0, 0.05) is 22.3 Å². The number of anilines is 1. The van der Waals surface area contributed by atoms with Crippen molar-refractivity contribution < 1.29 is 9.90 Å². The fraction of sp³-hybridized carbons (Fsp3) is 0.0769. The summed E-state index contributed by atoms with van der Waals surface area (Å²) in [5, 5.41) is 13.1. The van der Waals surface area contributed by atoms with Crippen molar-refractivity contribution in [1.29, 1.82) is 0 Å². The minimum absolute atomic E-state index is 0.379. The number of carbonyl (C=O) groups is 1. The van der Waals surface area contributed by atoms with Crippen LogP contribution < -0.4 is 5.32 Å². The van der Waals surface area contributed by atoms with Crippen molar-refractivity contribution in [1.82, 2.24) is 4.98 Å². The van der Waals surface area contributed by atoms with Crippen LogP contribution >= 0.6 is 27.7 Å². The number of fused-ring (bicyclic) bond motifs is 1. The van der Waals surface area contributed by atoms with E-state index in [1.54, 1.807) is 12.3 Å². The summed E-state index contributed by atoms with van der Waals surface area (Å²) in [7, 11) is 0. The molecule has 2 heterocycles. The summed E-state index contributed by atoms with van der Waals surface area (Å²) < 4.78 is 0.921. The molecule has 2 N–H and O–H groups in total. The number of nitrogens with one attached hydrogen (secondary N) is 1. The van der Waals surface area contributed by atoms with E-state index in [2.05, 4.69) is 26.2 Å². The maximum Gasteiger partial charge on any atom is 0.257 e. The third-order valence-corrected chi connectivity index (χ3v) is 4.68. The minimum Gasteiger partial charge on any atom is -0.378 e. The molecule has 0 bridgehead atoms. The molecule has 1 aromatic carbocycles. The highest BCUT2D eigenvalue weighted by Crippen LogP contribution is 2.37. The molecule has 1 aliphatic heterocycles. The zero-order valence-electron chi connectivity index (χ0n) is 9.63. The third kappa shape index (κ3) is 2.39. The van der Waals surface area contributed by atoms with E-state index in [0.717, 1.165) is 14.4 Å². The van der Waals surface area contributed by atoms with Crippen LogP contribution in [0.5, 0.6) is 0 Å². The Hall–Kier alpha value is -1.37. The van der Waals surface area contributed by atoms with E-state index in [1.165, 1.54) is 11.8 Å². The second-order valence-electron chi connectivity index (χ2n) is 4.03. The van der Waals surface area contributed by atoms with Gasteiger partial charge in [-0.25, -0.2) is 4.98 Å². The monoisotopic (exact) mass is 336 g/mol. The standard InChI is InChI=1S/C13H9BrN2O2S/c14-9-2-1-5-15-13(9)19-7-3-4-8-10(6-7)16-12(18)11(8)17/h1-6,11,17H,(H,16,18). The Morgan fingerprint density at radius 2 is 2.21 bits per heavy atom. The van der Waals surface area contributed by atoms with Gasteiger partial charge in [0.15, 0.2) is 6.10 Å². The molecule has 19 heavy (non-hydrogen) atoms. The topological polar surface area (TPSA) is 62.2 Å². The van der Waals surface area contributed by atoms with Crippen molar-refractivity contribution in [2.75, 3.05) is 5.32 Å². The molecule has 0 saturated carbocycles. The van der Waals surface area contributed by atoms with E-state index < -0.39 is 6.10 Å². The number of hydrogen-bond donors (Lipinski definition) is 2. The lowest BCUT2D eigenvalue weighted by atomic mass is 10.1. The fourth-order valence-corrected chi connectivity index (χ4v) is 3.16. The highest BCUT2D eigenvalue weighted by Gasteiger charge is 2.28. The van der Waals surface area contributed by atoms with E-state index in [9.17, 15) is 9.90 Å². The average Bonchev–Trinajstić information content (AvgIpc) is 2.68. The SMILES string of the molecule is O=C1Nc2cc(Sc3ncccc3Br)ccc2C1O. The maximum atomic E-state index is 11.4. The zero-order valence-corrected chi connectivity index (χ0v) is 12.0. The predicted molar refractivity (Wildman–Crippen MR) is 76.1 cm³/mol. The predicted octanol–water partition coefficient (Wildman–Crippen LogP) is 2.98. The highest BCUT2D eigenvalue weighted by atomic mass is 79.9. The average molecular weight is 337 g/mol. The fourth-order valence-electron chi connectivity index (χ4n) is 1.85. The normalized spacial score (nSPS) is 17.2. The number of rotatable bonds is 2. The molecule has 96 valence electrons. The van der Waals surface area contributed by atoms with Crippen LogP contribution in [0.25, 0.3) is 0 Å². The van der Waals surface area contributed by atoms with E-state index >= 15 is 0 Å². The van der Waals surface area contributed by atoms with E-state index in [0.29, 0.717) is 11.3 Å². The van der Waals surface area contributed by atoms with Gasteiger partial charge in [0.25, 0.3) is 5.91 Å². The van der Waals surface area contributed by atoms with E-state index in [-0.39, 0.29) is 5.91 Å². The lowest BCUT2D eigenvalue weighted by molar-refractivity contribution is -0.123. The van der Waals surface area contributed by atoms with Crippen LogP contribution in [0.4, 0.5) is 5.69 Å². The molecule has 1 amide bonds. The van der Waals surface area contributed by atoms with Crippen LogP contribution in [0.2, 0.25) is 0 Å². The number of aromatic nitrogens is 1. The number of aliphatic hydroxyl groups excluding tert-OH is 1. The molecule has 0 aliphatic carbocycles. The molecule has 0 spiro atoms. The van der Waals surface area contributed by atoms with E-state index in [1.807, 2.05) is 24.3 Å². The first-order valence-electron chi connectivity index (χ1n) is 5.56. The van der Waals surface area contributed by atoms with Crippen molar-refractivity contribution in [3.63, 3.8) is 0 Å². The molecule has 0 radical (unpaired) electrons. The Bertz CT molecular complexity index is 663. The largest absolute Gasteiger partial charge is 0.378 e. The van der Waals surface area contributed by atoms with Crippen LogP contribution in [0, 0.1) is 0 Å². The Labute approximate surface area is 122 Å². The van der Waals surface area contributed by atoms with Gasteiger partial charge in [0.1, 0.15) is 5.03 Å². The van der Waals surface area contributed by atoms with Crippen molar-refractivity contribution in [3.8, 4) is 0 Å². The van der Waals surface area contributed by atoms with Crippen molar-refractivity contribution in [2.24, 2.45) is 0 Å². The van der Waals surface area contributed by atoms with Gasteiger partial charge in [-0.2, -0.15) is 0 Å². The molecule has 0 fully saturated rings. The van der Waals surface area contributed by atoms with Gasteiger partial charge in [-0.15, -0.1) is 0 Å². The first-order valence-corrected chi connectivity index (χ1v) is 7.17. The number of hydrogen-bond acceptors (Lipinski definition) is 4. The van der Waals surface area contributed by atoms with Gasteiger partial charge in [-0.1, -0.05) is 17.8 Å². The van der Waals surface area contributed by atoms with Crippen LogP contribution in [0.15, 0.2) is 50.9 Å². The Morgan fingerprint density at radius 1 is 1.37 bits per heavy atom. The Balaban J connectivity index is 1.91. The van der Waals surface area contributed by atoms with Gasteiger partial charge < -0.3 is 10.4 Å². The molecule has 1 aliphatic rings. The molecular weight excluding hydrogens is 328 g/mol. The number of aliphatic hydroxyl groups is 1. The second-order valence-corrected chi connectivity index (χ2v) is 5.95. The molecule has 6 heteroatoms. The van der Waals surface area contributed by atoms with Crippen molar-refractivity contribution in [2.45, 2.75) is 16.0 Å². The van der Waals surface area contributed by atoms with Gasteiger partial charge in [0.2, 0.25) is 0 Å². The molecule has 1 unspecified atom stereocenters. The first kappa shape index (κ1) is 12.7. The summed E-state index contributed by atoms with van der Waals surface area (Å²) in [6.07, 6.45) is 0.669. The number of halogens is 1. The quantitative estimate of drug-likeness (QED) is 0.884. The van der Waals surface area contributed by atoms with Gasteiger partial charge in [-0.3, -0.25) is 4.79 Å². The van der Waals surface area contributed by atoms with Crippen LogP contribution in [0.3, 0.4) is 0 Å². The highest BCUT2D eigenvalue weighted by molar-refractivity contribution is 9.10. The molecule has 1 aromatic heterocycles. The second kappa shape index (κ2) is 4.96. The van der Waals surface area contributed by atoms with Crippen molar-refractivity contribution in [3.05, 3.63) is 46.6 Å². The third-order valence-electron chi connectivity index (χ3n) is 2.76. The molecular formula is C13H9BrN2O2S. The molecule has 4 nitrogen and oxygen atoms in total. The van der Waals surface area contributed by atoms with Crippen LogP contribution in [-0.2, 0) is 4.79 Å². The molecule has 0 saturated heterocycles. The molecule has 3 rings (SSSR count). The zero-order chi connectivity index (χ0) is 13.4. The van der Waals surface area contributed by atoms with Crippen LogP contribution in [-0.4, -0.2) is 16.0 Å². The number of amides is 1. The molecule has 2 aromatic rings. The molecule has 1 atom stereocenters. The summed E-state index contributed by atoms with van der Waals surface area (Å²) in [5.41, 5.74) is 1.28. The maximum absolute atomic E-state index is 11.4. The lowest BCUT2D eigenvalue weighted by Gasteiger charge is -2.05. The van der Waals surface area contributed by atoms with Crippen molar-refractivity contribution >= 4 is 39.3 Å². The van der Waals surface area contributed by atoms with Gasteiger partial charge in [0.05, 0.1) is 4.47 Å². The number of nitrogens with zero attached hydrogens (tertiary/aromatic N) is 1. The number of benzene rings is 1. The minimum atomic E-state index is -1.06. The Kier molecular flexibility index (Phi) is 3.30. The first-order chi connectivity index (χ1) is 9.15. The number of carbonyl (C=O) groups excluding carboxylic acids is 1.